The van der Waals surface area contributed by atoms with Crippen LogP contribution in [0.2, 0.25) is 0 Å². The van der Waals surface area contributed by atoms with Crippen molar-refractivity contribution in [3.05, 3.63) is 24.0 Å². The van der Waals surface area contributed by atoms with Gasteiger partial charge in [-0.05, 0) is 38.3 Å². The van der Waals surface area contributed by atoms with Gasteiger partial charge in [-0.2, -0.15) is 0 Å². The minimum Gasteiger partial charge on any atom is -0.384 e. The second-order valence-corrected chi connectivity index (χ2v) is 4.67. The largest absolute Gasteiger partial charge is 0.384 e. The first-order chi connectivity index (χ1) is 8.76. The topological polar surface area (TPSA) is 45.2 Å². The predicted molar refractivity (Wildman–Crippen MR) is 72.8 cm³/mol. The van der Waals surface area contributed by atoms with Crippen LogP contribution < -0.4 is 5.32 Å². The highest BCUT2D eigenvalue weighted by molar-refractivity contribution is 5.92. The van der Waals surface area contributed by atoms with Gasteiger partial charge in [-0.15, -0.1) is 0 Å². The van der Waals surface area contributed by atoms with Crippen LogP contribution in [-0.4, -0.2) is 34.9 Å². The van der Waals surface area contributed by atoms with Crippen molar-refractivity contribution in [2.45, 2.75) is 39.2 Å². The van der Waals surface area contributed by atoms with Crippen LogP contribution in [0.4, 0.5) is 5.69 Å². The first-order valence-electron chi connectivity index (χ1n) is 6.77. The zero-order valence-electron chi connectivity index (χ0n) is 11.1. The second-order valence-electron chi connectivity index (χ2n) is 4.67. The van der Waals surface area contributed by atoms with E-state index in [0.717, 1.165) is 38.0 Å². The maximum atomic E-state index is 12.3. The molecule has 1 aromatic rings. The SMILES string of the molecule is CCNc1ccc(C(=O)N2CCCC2CC)nc1. The maximum absolute atomic E-state index is 12.3. The number of anilines is 1. The van der Waals surface area contributed by atoms with Crippen LogP contribution >= 0.6 is 0 Å². The lowest BCUT2D eigenvalue weighted by molar-refractivity contribution is 0.0728. The number of aromatic nitrogens is 1. The maximum Gasteiger partial charge on any atom is 0.272 e. The summed E-state index contributed by atoms with van der Waals surface area (Å²) in [5.74, 6) is 0.0717. The number of pyridine rings is 1. The van der Waals surface area contributed by atoms with E-state index in [-0.39, 0.29) is 5.91 Å². The summed E-state index contributed by atoms with van der Waals surface area (Å²) in [6.07, 6.45) is 4.99. The highest BCUT2D eigenvalue weighted by Gasteiger charge is 2.28. The third-order valence-corrected chi connectivity index (χ3v) is 3.47. The average molecular weight is 247 g/mol. The number of hydrogen-bond donors (Lipinski definition) is 1. The Hall–Kier alpha value is -1.58. The number of amides is 1. The van der Waals surface area contributed by atoms with Gasteiger partial charge in [-0.25, -0.2) is 4.98 Å². The lowest BCUT2D eigenvalue weighted by Gasteiger charge is -2.23. The van der Waals surface area contributed by atoms with Crippen LogP contribution in [0.15, 0.2) is 18.3 Å². The minimum atomic E-state index is 0.0717. The Morgan fingerprint density at radius 3 is 2.94 bits per heavy atom. The van der Waals surface area contributed by atoms with Crippen LogP contribution in [-0.2, 0) is 0 Å². The summed E-state index contributed by atoms with van der Waals surface area (Å²) in [4.78, 5) is 18.6. The summed E-state index contributed by atoms with van der Waals surface area (Å²) in [5, 5.41) is 3.18. The summed E-state index contributed by atoms with van der Waals surface area (Å²) in [6.45, 7) is 5.90. The number of carbonyl (C=O) groups excluding carboxylic acids is 1. The number of hydrogen-bond acceptors (Lipinski definition) is 3. The van der Waals surface area contributed by atoms with Crippen molar-refractivity contribution in [3.63, 3.8) is 0 Å². The van der Waals surface area contributed by atoms with Gasteiger partial charge in [0.25, 0.3) is 5.91 Å². The third-order valence-electron chi connectivity index (χ3n) is 3.47. The zero-order valence-corrected chi connectivity index (χ0v) is 11.1. The Balaban J connectivity index is 2.08. The van der Waals surface area contributed by atoms with Gasteiger partial charge in [0.05, 0.1) is 11.9 Å². The van der Waals surface area contributed by atoms with Gasteiger partial charge in [0.2, 0.25) is 0 Å². The first kappa shape index (κ1) is 12.9. The molecule has 1 atom stereocenters. The number of likely N-dealkylation sites (tertiary alicyclic amines) is 1. The van der Waals surface area contributed by atoms with Crippen LogP contribution in [0.3, 0.4) is 0 Å². The molecule has 0 aromatic carbocycles. The van der Waals surface area contributed by atoms with Gasteiger partial charge in [0.15, 0.2) is 0 Å². The van der Waals surface area contributed by atoms with Gasteiger partial charge in [0.1, 0.15) is 5.69 Å². The van der Waals surface area contributed by atoms with Gasteiger partial charge in [0, 0.05) is 19.1 Å². The molecule has 18 heavy (non-hydrogen) atoms. The fourth-order valence-electron chi connectivity index (χ4n) is 2.50. The summed E-state index contributed by atoms with van der Waals surface area (Å²) in [7, 11) is 0. The van der Waals surface area contributed by atoms with Gasteiger partial charge < -0.3 is 10.2 Å². The molecular formula is C14H21N3O. The van der Waals surface area contributed by atoms with Crippen LogP contribution in [0, 0.1) is 0 Å². The standard InChI is InChI=1S/C14H21N3O/c1-3-12-6-5-9-17(12)14(18)13-8-7-11(10-16-13)15-4-2/h7-8,10,12,15H,3-6,9H2,1-2H3. The Morgan fingerprint density at radius 1 is 1.50 bits per heavy atom. The van der Waals surface area contributed by atoms with Crippen LogP contribution in [0.25, 0.3) is 0 Å². The van der Waals surface area contributed by atoms with E-state index in [1.54, 1.807) is 6.20 Å². The Bertz CT molecular complexity index is 402. The van der Waals surface area contributed by atoms with E-state index in [9.17, 15) is 4.79 Å². The van der Waals surface area contributed by atoms with E-state index >= 15 is 0 Å². The number of carbonyl (C=O) groups is 1. The van der Waals surface area contributed by atoms with Crippen molar-refractivity contribution < 1.29 is 4.79 Å². The Kier molecular flexibility index (Phi) is 4.18. The molecule has 0 saturated carbocycles. The molecular weight excluding hydrogens is 226 g/mol. The Morgan fingerprint density at radius 2 is 2.33 bits per heavy atom. The molecule has 1 N–H and O–H groups in total. The van der Waals surface area contributed by atoms with Crippen molar-refractivity contribution in [1.82, 2.24) is 9.88 Å². The lowest BCUT2D eigenvalue weighted by Crippen LogP contribution is -2.35. The predicted octanol–water partition coefficient (Wildman–Crippen LogP) is 2.53. The monoisotopic (exact) mass is 247 g/mol. The highest BCUT2D eigenvalue weighted by atomic mass is 16.2. The normalized spacial score (nSPS) is 19.0. The molecule has 1 aromatic heterocycles. The lowest BCUT2D eigenvalue weighted by atomic mass is 10.1. The molecule has 0 aliphatic carbocycles. The van der Waals surface area contributed by atoms with Crippen molar-refractivity contribution in [1.29, 1.82) is 0 Å². The van der Waals surface area contributed by atoms with E-state index < -0.39 is 0 Å². The molecule has 4 heteroatoms. The zero-order chi connectivity index (χ0) is 13.0. The minimum absolute atomic E-state index is 0.0717. The molecule has 1 unspecified atom stereocenters. The molecule has 1 aliphatic rings. The summed E-state index contributed by atoms with van der Waals surface area (Å²) in [6, 6.07) is 4.12. The molecule has 98 valence electrons. The third kappa shape index (κ3) is 2.63. The van der Waals surface area contributed by atoms with Gasteiger partial charge in [-0.3, -0.25) is 4.79 Å². The average Bonchev–Trinajstić information content (AvgIpc) is 2.87. The fourth-order valence-corrected chi connectivity index (χ4v) is 2.50. The second kappa shape index (κ2) is 5.85. The van der Waals surface area contributed by atoms with Crippen molar-refractivity contribution in [3.8, 4) is 0 Å². The summed E-state index contributed by atoms with van der Waals surface area (Å²) in [5.41, 5.74) is 1.51. The Labute approximate surface area is 108 Å². The molecule has 1 saturated heterocycles. The van der Waals surface area contributed by atoms with Crippen molar-refractivity contribution >= 4 is 11.6 Å². The molecule has 1 fully saturated rings. The van der Waals surface area contributed by atoms with Gasteiger partial charge >= 0.3 is 0 Å². The molecule has 0 bridgehead atoms. The highest BCUT2D eigenvalue weighted by Crippen LogP contribution is 2.21. The van der Waals surface area contributed by atoms with E-state index in [0.29, 0.717) is 11.7 Å². The molecule has 4 nitrogen and oxygen atoms in total. The van der Waals surface area contributed by atoms with E-state index in [1.807, 2.05) is 24.0 Å². The molecule has 1 amide bonds. The van der Waals surface area contributed by atoms with E-state index in [2.05, 4.69) is 17.2 Å². The first-order valence-corrected chi connectivity index (χ1v) is 6.77. The molecule has 2 rings (SSSR count). The summed E-state index contributed by atoms with van der Waals surface area (Å²) >= 11 is 0. The van der Waals surface area contributed by atoms with Gasteiger partial charge in [-0.1, -0.05) is 6.92 Å². The molecule has 0 spiro atoms. The smallest absolute Gasteiger partial charge is 0.272 e. The van der Waals surface area contributed by atoms with Crippen LogP contribution in [0.1, 0.15) is 43.6 Å². The number of rotatable bonds is 4. The summed E-state index contributed by atoms with van der Waals surface area (Å²) < 4.78 is 0. The van der Waals surface area contributed by atoms with Crippen LogP contribution in [0.5, 0.6) is 0 Å². The van der Waals surface area contributed by atoms with Crippen molar-refractivity contribution in [2.24, 2.45) is 0 Å². The molecule has 2 heterocycles. The fraction of sp³-hybridized carbons (Fsp3) is 0.571. The quantitative estimate of drug-likeness (QED) is 0.889. The van der Waals surface area contributed by atoms with E-state index in [4.69, 9.17) is 0 Å². The number of nitrogens with zero attached hydrogens (tertiary/aromatic N) is 2. The molecule has 0 radical (unpaired) electrons. The number of nitrogens with one attached hydrogen (secondary N) is 1. The van der Waals surface area contributed by atoms with Crippen molar-refractivity contribution in [2.75, 3.05) is 18.4 Å². The molecule has 1 aliphatic heterocycles. The van der Waals surface area contributed by atoms with E-state index in [1.165, 1.54) is 0 Å².